The summed E-state index contributed by atoms with van der Waals surface area (Å²) < 4.78 is 31.7. The lowest BCUT2D eigenvalue weighted by Gasteiger charge is -2.26. The standard InChI is InChI=1S/C17H16FN5O/c18-12-4-1-3-11(9-12)13-5-2-8-22(13)16-7-6-15-20-10-14(17(19)24)23(15)21-16/h1,3-4,6-7,9-10,13H,2,5,8H2,(H2,19,24)/t13-/m1/s1/i8D2. The van der Waals surface area contributed by atoms with E-state index < -0.39 is 12.4 Å². The largest absolute Gasteiger partial charge is 0.364 e. The molecule has 1 fully saturated rings. The van der Waals surface area contributed by atoms with E-state index in [0.29, 0.717) is 23.4 Å². The van der Waals surface area contributed by atoms with Crippen molar-refractivity contribution in [3.8, 4) is 0 Å². The van der Waals surface area contributed by atoms with Gasteiger partial charge in [-0.05, 0) is 42.7 Å². The van der Waals surface area contributed by atoms with Gasteiger partial charge >= 0.3 is 0 Å². The van der Waals surface area contributed by atoms with Gasteiger partial charge in [0.1, 0.15) is 17.3 Å². The minimum absolute atomic E-state index is 0.115. The van der Waals surface area contributed by atoms with Gasteiger partial charge in [0.25, 0.3) is 5.91 Å². The average Bonchev–Trinajstić information content (AvgIpc) is 3.14. The van der Waals surface area contributed by atoms with Crippen molar-refractivity contribution in [1.82, 2.24) is 14.6 Å². The molecule has 1 aromatic carbocycles. The first-order chi connectivity index (χ1) is 12.4. The number of primary amides is 1. The molecule has 0 unspecified atom stereocenters. The van der Waals surface area contributed by atoms with Crippen molar-refractivity contribution < 1.29 is 11.9 Å². The van der Waals surface area contributed by atoms with Gasteiger partial charge in [-0.25, -0.2) is 13.9 Å². The predicted octanol–water partition coefficient (Wildman–Crippen LogP) is 2.31. The van der Waals surface area contributed by atoms with Crippen molar-refractivity contribution in [3.05, 3.63) is 59.7 Å². The molecule has 3 aromatic rings. The fourth-order valence-corrected chi connectivity index (χ4v) is 2.99. The summed E-state index contributed by atoms with van der Waals surface area (Å²) in [6.07, 6.45) is 2.13. The number of benzene rings is 1. The molecule has 2 N–H and O–H groups in total. The number of rotatable bonds is 3. The second-order valence-corrected chi connectivity index (χ2v) is 5.61. The van der Waals surface area contributed by atoms with Crippen molar-refractivity contribution in [1.29, 1.82) is 0 Å². The molecule has 3 heterocycles. The lowest BCUT2D eigenvalue weighted by molar-refractivity contribution is 0.0993. The maximum absolute atomic E-state index is 13.7. The lowest BCUT2D eigenvalue weighted by atomic mass is 10.0. The van der Waals surface area contributed by atoms with Gasteiger partial charge in [-0.2, -0.15) is 0 Å². The Bertz CT molecular complexity index is 1010. The zero-order valence-corrected chi connectivity index (χ0v) is 12.7. The monoisotopic (exact) mass is 327 g/mol. The highest BCUT2D eigenvalue weighted by molar-refractivity contribution is 5.91. The number of hydrogen-bond donors (Lipinski definition) is 1. The number of halogens is 1. The maximum Gasteiger partial charge on any atom is 0.269 e. The minimum atomic E-state index is -1.66. The summed E-state index contributed by atoms with van der Waals surface area (Å²) in [6, 6.07) is 9.05. The van der Waals surface area contributed by atoms with Gasteiger partial charge in [-0.1, -0.05) is 12.1 Å². The smallest absolute Gasteiger partial charge is 0.269 e. The summed E-state index contributed by atoms with van der Waals surface area (Å²) in [4.78, 5) is 17.1. The first kappa shape index (κ1) is 12.5. The molecular formula is C17H16FN5O. The van der Waals surface area contributed by atoms with Crippen molar-refractivity contribution in [2.24, 2.45) is 5.73 Å². The zero-order valence-electron chi connectivity index (χ0n) is 14.7. The van der Waals surface area contributed by atoms with Gasteiger partial charge in [0, 0.05) is 9.24 Å². The van der Waals surface area contributed by atoms with Crippen LogP contribution in [0.5, 0.6) is 0 Å². The molecule has 122 valence electrons. The van der Waals surface area contributed by atoms with Crippen LogP contribution in [0.2, 0.25) is 0 Å². The molecule has 4 rings (SSSR count). The van der Waals surface area contributed by atoms with E-state index >= 15 is 0 Å². The Morgan fingerprint density at radius 1 is 1.38 bits per heavy atom. The summed E-state index contributed by atoms with van der Waals surface area (Å²) in [7, 11) is 0. The fourth-order valence-electron chi connectivity index (χ4n) is 2.99. The van der Waals surface area contributed by atoms with E-state index in [-0.39, 0.29) is 24.0 Å². The lowest BCUT2D eigenvalue weighted by Crippen LogP contribution is -2.25. The van der Waals surface area contributed by atoms with Crippen LogP contribution in [0.3, 0.4) is 0 Å². The van der Waals surface area contributed by atoms with Crippen LogP contribution in [-0.4, -0.2) is 27.0 Å². The Labute approximate surface area is 140 Å². The highest BCUT2D eigenvalue weighted by atomic mass is 19.1. The third-order valence-electron chi connectivity index (χ3n) is 4.09. The van der Waals surface area contributed by atoms with Crippen LogP contribution in [0.25, 0.3) is 5.65 Å². The highest BCUT2D eigenvalue weighted by Gasteiger charge is 2.28. The number of fused-ring (bicyclic) bond motifs is 1. The van der Waals surface area contributed by atoms with E-state index in [0.717, 1.165) is 0 Å². The Kier molecular flexibility index (Phi) is 2.90. The maximum atomic E-state index is 13.7. The van der Waals surface area contributed by atoms with Gasteiger partial charge in [0.15, 0.2) is 5.65 Å². The van der Waals surface area contributed by atoms with Gasteiger partial charge in [0.2, 0.25) is 0 Å². The molecule has 1 aliphatic heterocycles. The van der Waals surface area contributed by atoms with E-state index in [4.69, 9.17) is 8.48 Å². The van der Waals surface area contributed by atoms with Crippen molar-refractivity contribution >= 4 is 17.4 Å². The Balaban J connectivity index is 1.83. The van der Waals surface area contributed by atoms with Crippen LogP contribution in [0.4, 0.5) is 10.2 Å². The quantitative estimate of drug-likeness (QED) is 0.801. The van der Waals surface area contributed by atoms with Crippen LogP contribution in [0.15, 0.2) is 42.6 Å². The number of nitrogens with two attached hydrogens (primary N) is 1. The molecule has 6 nitrogen and oxygen atoms in total. The summed E-state index contributed by atoms with van der Waals surface area (Å²) in [5.41, 5.74) is 6.57. The molecule has 7 heteroatoms. The summed E-state index contributed by atoms with van der Waals surface area (Å²) >= 11 is 0. The molecule has 0 radical (unpaired) electrons. The molecule has 0 saturated carbocycles. The molecule has 1 saturated heterocycles. The summed E-state index contributed by atoms with van der Waals surface area (Å²) in [5, 5.41) is 4.38. The fraction of sp³-hybridized carbons (Fsp3) is 0.235. The molecule has 2 aromatic heterocycles. The molecule has 1 atom stereocenters. The first-order valence-corrected chi connectivity index (χ1v) is 7.56. The number of carbonyl (C=O) groups is 1. The third-order valence-corrected chi connectivity index (χ3v) is 4.09. The van der Waals surface area contributed by atoms with Gasteiger partial charge in [-0.15, -0.1) is 5.10 Å². The zero-order chi connectivity index (χ0) is 18.5. The second-order valence-electron chi connectivity index (χ2n) is 5.61. The van der Waals surface area contributed by atoms with Crippen molar-refractivity contribution in [2.45, 2.75) is 18.9 Å². The number of nitrogens with zero attached hydrogens (tertiary/aromatic N) is 4. The van der Waals surface area contributed by atoms with Gasteiger partial charge < -0.3 is 10.6 Å². The van der Waals surface area contributed by atoms with E-state index in [9.17, 15) is 9.18 Å². The molecule has 1 aliphatic rings. The topological polar surface area (TPSA) is 76.5 Å². The number of amides is 1. The normalized spacial score (nSPS) is 20.9. The van der Waals surface area contributed by atoms with Crippen molar-refractivity contribution in [2.75, 3.05) is 11.4 Å². The Morgan fingerprint density at radius 3 is 3.04 bits per heavy atom. The van der Waals surface area contributed by atoms with Crippen LogP contribution in [0.1, 0.15) is 37.7 Å². The average molecular weight is 327 g/mol. The summed E-state index contributed by atoms with van der Waals surface area (Å²) in [6.45, 7) is -1.66. The SMILES string of the molecule is [2H]C1([2H])CC[C@H](c2cccc(F)c2)N1c1ccc2ncc(C(N)=O)n2n1. The second kappa shape index (κ2) is 5.59. The number of anilines is 1. The third kappa shape index (κ3) is 2.38. The number of carbonyl (C=O) groups excluding carboxylic acids is 1. The van der Waals surface area contributed by atoms with E-state index in [1.807, 2.05) is 0 Å². The molecular weight excluding hydrogens is 309 g/mol. The minimum Gasteiger partial charge on any atom is -0.364 e. The first-order valence-electron chi connectivity index (χ1n) is 8.56. The Morgan fingerprint density at radius 2 is 2.25 bits per heavy atom. The van der Waals surface area contributed by atoms with Gasteiger partial charge in [-0.3, -0.25) is 4.79 Å². The van der Waals surface area contributed by atoms with E-state index in [1.165, 1.54) is 27.7 Å². The van der Waals surface area contributed by atoms with E-state index in [1.54, 1.807) is 24.3 Å². The number of imidazole rings is 1. The van der Waals surface area contributed by atoms with Crippen LogP contribution in [-0.2, 0) is 0 Å². The molecule has 0 spiro atoms. The summed E-state index contributed by atoms with van der Waals surface area (Å²) in [5.74, 6) is -0.716. The molecule has 1 amide bonds. The van der Waals surface area contributed by atoms with Gasteiger partial charge in [0.05, 0.1) is 12.2 Å². The molecule has 0 aliphatic carbocycles. The highest BCUT2D eigenvalue weighted by Crippen LogP contribution is 2.35. The van der Waals surface area contributed by atoms with E-state index in [2.05, 4.69) is 10.1 Å². The number of hydrogen-bond acceptors (Lipinski definition) is 4. The van der Waals surface area contributed by atoms with Crippen LogP contribution < -0.4 is 10.6 Å². The van der Waals surface area contributed by atoms with Crippen LogP contribution in [0, 0.1) is 5.82 Å². The molecule has 24 heavy (non-hydrogen) atoms. The van der Waals surface area contributed by atoms with Crippen molar-refractivity contribution in [3.63, 3.8) is 0 Å². The Hall–Kier alpha value is -2.96. The number of aromatic nitrogens is 3. The van der Waals surface area contributed by atoms with Crippen LogP contribution >= 0.6 is 0 Å². The molecule has 0 bridgehead atoms. The predicted molar refractivity (Wildman–Crippen MR) is 87.2 cm³/mol.